The number of aliphatic hydroxyl groups excluding tert-OH is 6. The molecule has 9 N–H and O–H groups in total. The maximum absolute atomic E-state index is 12.7. The van der Waals surface area contributed by atoms with Gasteiger partial charge in [-0.05, 0) is 83.3 Å². The van der Waals surface area contributed by atoms with Crippen molar-refractivity contribution < 1.29 is 112 Å². The summed E-state index contributed by atoms with van der Waals surface area (Å²) in [7, 11) is 0. The number of aliphatic hydroxyl groups is 6. The van der Waals surface area contributed by atoms with E-state index in [4.69, 9.17) is 53.6 Å². The highest BCUT2D eigenvalue weighted by molar-refractivity contribution is 6.02. The van der Waals surface area contributed by atoms with Crippen LogP contribution in [0.3, 0.4) is 0 Å². The average Bonchev–Trinajstić information content (AvgIpc) is 3.40. The minimum atomic E-state index is -1.57. The van der Waals surface area contributed by atoms with Crippen molar-refractivity contribution in [2.24, 2.45) is 5.92 Å². The lowest BCUT2D eigenvalue weighted by Gasteiger charge is -2.35. The molecule has 1 aliphatic rings. The highest BCUT2D eigenvalue weighted by Crippen LogP contribution is 2.30. The molecule has 24 nitrogen and oxygen atoms in total. The van der Waals surface area contributed by atoms with Gasteiger partial charge in [0.1, 0.15) is 18.3 Å². The van der Waals surface area contributed by atoms with Crippen LogP contribution in [0.5, 0.6) is 0 Å². The minimum absolute atomic E-state index is 0.00537. The highest BCUT2D eigenvalue weighted by atomic mass is 16.7. The van der Waals surface area contributed by atoms with Crippen molar-refractivity contribution in [3.8, 4) is 0 Å². The zero-order chi connectivity index (χ0) is 58.3. The normalized spacial score (nSPS) is 16.5. The number of aromatic carboxylic acids is 1. The molecule has 436 valence electrons. The molecule has 0 spiro atoms. The third kappa shape index (κ3) is 32.8. The maximum atomic E-state index is 12.7. The lowest BCUT2D eigenvalue weighted by Crippen LogP contribution is -2.41. The second-order valence-corrected chi connectivity index (χ2v) is 17.8. The number of ether oxygens (including phenoxy) is 7. The zero-order valence-electron chi connectivity index (χ0n) is 44.4. The summed E-state index contributed by atoms with van der Waals surface area (Å²) >= 11 is 0. The topological polar surface area (TPSA) is 375 Å². The Morgan fingerprint density at radius 2 is 1.36 bits per heavy atom. The fraction of sp³-hybridized carbons (Fsp3) is 0.623. The second-order valence-electron chi connectivity index (χ2n) is 17.8. The number of alkyl carbamates (subject to hydrolysis) is 1. The quantitative estimate of drug-likeness (QED) is 0.0153. The van der Waals surface area contributed by atoms with Crippen LogP contribution in [0, 0.1) is 5.92 Å². The molecule has 0 bridgehead atoms. The lowest BCUT2D eigenvalue weighted by molar-refractivity contribution is -0.186. The van der Waals surface area contributed by atoms with Crippen LogP contribution in [0.2, 0.25) is 0 Å². The highest BCUT2D eigenvalue weighted by Gasteiger charge is 2.35. The first-order valence-corrected chi connectivity index (χ1v) is 25.4. The monoisotopic (exact) mass is 1100 g/mol. The van der Waals surface area contributed by atoms with Gasteiger partial charge in [-0.2, -0.15) is 0 Å². The Hall–Kier alpha value is -6.28. The summed E-state index contributed by atoms with van der Waals surface area (Å²) in [5.74, 6) is -5.56. The molecule has 1 amide bonds. The number of benzene rings is 1. The SMILES string of the molecule is C=C(C)C(=O)OC(OC(=O)NCCCCCCC)C(O)CO.C=C(C)C(=O)OCCC(OC(=O)CCCC(=O)O)C(O)CO.C=CC(=O)OCC1CCC(OC(=O)c2ccccc2C(=O)O)C(OCCCCC(O)CO)C1. The van der Waals surface area contributed by atoms with Crippen molar-refractivity contribution in [2.45, 2.75) is 160 Å². The van der Waals surface area contributed by atoms with Crippen LogP contribution in [0.15, 0.2) is 61.2 Å². The number of carboxylic acid groups (broad SMARTS) is 2. The molecule has 0 radical (unpaired) electrons. The number of carbonyl (C=O) groups excluding carboxylic acids is 6. The van der Waals surface area contributed by atoms with E-state index in [0.29, 0.717) is 51.7 Å². The van der Waals surface area contributed by atoms with Gasteiger partial charge in [0.2, 0.25) is 0 Å². The summed E-state index contributed by atoms with van der Waals surface area (Å²) in [6.07, 6.45) is 1.49. The van der Waals surface area contributed by atoms with E-state index >= 15 is 0 Å². The van der Waals surface area contributed by atoms with Gasteiger partial charge < -0.3 is 79.3 Å². The van der Waals surface area contributed by atoms with Crippen LogP contribution in [0.1, 0.15) is 138 Å². The number of unbranched alkanes of at least 4 members (excludes halogenated alkanes) is 5. The third-order valence-electron chi connectivity index (χ3n) is 11.1. The Labute approximate surface area is 449 Å². The number of carboxylic acids is 2. The largest absolute Gasteiger partial charge is 0.481 e. The number of nitrogens with one attached hydrogen (secondary N) is 1. The number of carbonyl (C=O) groups is 8. The van der Waals surface area contributed by atoms with Gasteiger partial charge in [-0.1, -0.05) is 64.5 Å². The number of rotatable bonds is 35. The van der Waals surface area contributed by atoms with E-state index in [0.717, 1.165) is 38.2 Å². The summed E-state index contributed by atoms with van der Waals surface area (Å²) in [5, 5.41) is 75.5. The molecule has 8 unspecified atom stereocenters. The molecule has 8 atom stereocenters. The van der Waals surface area contributed by atoms with Crippen LogP contribution in [0.4, 0.5) is 4.79 Å². The van der Waals surface area contributed by atoms with Crippen LogP contribution >= 0.6 is 0 Å². The average molecular weight is 1100 g/mol. The van der Waals surface area contributed by atoms with Gasteiger partial charge in [-0.15, -0.1) is 0 Å². The fourth-order valence-corrected chi connectivity index (χ4v) is 6.75. The van der Waals surface area contributed by atoms with Crippen molar-refractivity contribution in [3.05, 3.63) is 72.4 Å². The Balaban J connectivity index is 0.00000117. The van der Waals surface area contributed by atoms with Crippen molar-refractivity contribution in [3.63, 3.8) is 0 Å². The molecule has 1 saturated carbocycles. The predicted octanol–water partition coefficient (Wildman–Crippen LogP) is 3.85. The lowest BCUT2D eigenvalue weighted by atomic mass is 9.85. The van der Waals surface area contributed by atoms with Gasteiger partial charge in [-0.3, -0.25) is 9.59 Å². The molecule has 2 rings (SSSR count). The number of esters is 5. The Morgan fingerprint density at radius 1 is 0.714 bits per heavy atom. The third-order valence-corrected chi connectivity index (χ3v) is 11.1. The van der Waals surface area contributed by atoms with E-state index in [1.165, 1.54) is 32.0 Å². The summed E-state index contributed by atoms with van der Waals surface area (Å²) in [4.78, 5) is 91.6. The first-order valence-electron chi connectivity index (χ1n) is 25.4. The molecule has 1 aliphatic carbocycles. The van der Waals surface area contributed by atoms with E-state index < -0.39 is 104 Å². The van der Waals surface area contributed by atoms with Crippen LogP contribution in [-0.4, -0.2) is 178 Å². The second kappa shape index (κ2) is 41.8. The van der Waals surface area contributed by atoms with Crippen molar-refractivity contribution >= 4 is 47.9 Å². The molecule has 1 aromatic carbocycles. The van der Waals surface area contributed by atoms with Gasteiger partial charge in [-0.25, -0.2) is 28.8 Å². The Morgan fingerprint density at radius 3 is 1.95 bits per heavy atom. The van der Waals surface area contributed by atoms with Gasteiger partial charge >= 0.3 is 47.9 Å². The van der Waals surface area contributed by atoms with Crippen LogP contribution in [-0.2, 0) is 57.1 Å². The van der Waals surface area contributed by atoms with Gasteiger partial charge in [0.05, 0.1) is 56.4 Å². The zero-order valence-corrected chi connectivity index (χ0v) is 44.4. The summed E-state index contributed by atoms with van der Waals surface area (Å²) in [6, 6.07) is 5.87. The molecular formula is C53H81NO23. The Bertz CT molecular complexity index is 1990. The van der Waals surface area contributed by atoms with Crippen molar-refractivity contribution in [2.75, 3.05) is 46.2 Å². The molecule has 77 heavy (non-hydrogen) atoms. The smallest absolute Gasteiger partial charge is 0.410 e. The molecule has 0 saturated heterocycles. The number of hydrogen-bond donors (Lipinski definition) is 9. The van der Waals surface area contributed by atoms with E-state index in [9.17, 15) is 58.8 Å². The van der Waals surface area contributed by atoms with E-state index in [2.05, 4.69) is 32.0 Å². The predicted molar refractivity (Wildman–Crippen MR) is 274 cm³/mol. The molecule has 1 fully saturated rings. The summed E-state index contributed by atoms with van der Waals surface area (Å²) in [5.41, 5.74) is 0.149. The van der Waals surface area contributed by atoms with Gasteiger partial charge in [0.25, 0.3) is 6.29 Å². The molecule has 0 aliphatic heterocycles. The minimum Gasteiger partial charge on any atom is -0.481 e. The Kier molecular flexibility index (Phi) is 38.4. The maximum Gasteiger partial charge on any atom is 0.410 e. The molecule has 24 heteroatoms. The summed E-state index contributed by atoms with van der Waals surface area (Å²) < 4.78 is 36.2. The van der Waals surface area contributed by atoms with E-state index in [1.807, 2.05) is 0 Å². The molecule has 1 aromatic rings. The first kappa shape index (κ1) is 70.7. The van der Waals surface area contributed by atoms with E-state index in [1.54, 1.807) is 6.07 Å². The molecular weight excluding hydrogens is 1020 g/mol. The fourth-order valence-electron chi connectivity index (χ4n) is 6.75. The van der Waals surface area contributed by atoms with Crippen molar-refractivity contribution in [1.82, 2.24) is 5.32 Å². The van der Waals surface area contributed by atoms with Crippen molar-refractivity contribution in [1.29, 1.82) is 0 Å². The number of amides is 1. The number of hydrogen-bond acceptors (Lipinski definition) is 21. The standard InChI is InChI=1S/C24H32O9.C15H27NO6.C14H22O8/c1-2-22(27)32-15-16-10-11-20(21(13-16)31-12-6-5-7-17(26)14-25)33-24(30)19-9-4-3-8-18(19)23(28)29;1-4-5-6-7-8-9-16-15(20)22-14(12(18)10-17)21-13(19)11(2)3;1-9(2)14(20)21-7-6-11(10(16)8-15)22-13(19)5-3-4-12(17)18/h2-4,8-9,16-17,20-21,25-26H,1,5-7,10-15H2,(H,28,29);12,14,17-18H,2,4-10H2,1,3H3,(H,16,20);10-11,15-16H,1,3-8H2,2H3,(H,17,18). The number of aliphatic carboxylic acids is 1. The summed E-state index contributed by atoms with van der Waals surface area (Å²) in [6.45, 7) is 14.4. The molecule has 0 aromatic heterocycles. The van der Waals surface area contributed by atoms with Gasteiger partial charge in [0, 0.05) is 49.6 Å². The first-order chi connectivity index (χ1) is 36.5. The van der Waals surface area contributed by atoms with Gasteiger partial charge in [0.15, 0.2) is 6.10 Å². The van der Waals surface area contributed by atoms with Crippen LogP contribution in [0.25, 0.3) is 0 Å². The molecule has 0 heterocycles. The van der Waals surface area contributed by atoms with Crippen LogP contribution < -0.4 is 5.32 Å². The van der Waals surface area contributed by atoms with E-state index in [-0.39, 0.29) is 73.7 Å².